The van der Waals surface area contributed by atoms with Gasteiger partial charge >= 0.3 is 0 Å². The normalized spacial score (nSPS) is 11.7. The van der Waals surface area contributed by atoms with Gasteiger partial charge in [-0.1, -0.05) is 48.5 Å². The molecule has 0 heterocycles. The minimum atomic E-state index is -3.86. The average Bonchev–Trinajstić information content (AvgIpc) is 2.73. The predicted molar refractivity (Wildman–Crippen MR) is 123 cm³/mol. The van der Waals surface area contributed by atoms with Gasteiger partial charge in [-0.05, 0) is 47.9 Å². The Morgan fingerprint density at radius 3 is 2.26 bits per heavy atom. The number of nitrogens with two attached hydrogens (primary N) is 2. The standard InChI is InChI=1S/C23H22N4O3S/c1-15(17-5-4-6-18(14-17)23(24)25)13-22(28)27-19-11-9-16(10-12-19)20-7-2-3-8-21(20)31(26,29)30/h2-14H,1H3,(H3,24,25)(H,27,28)(H2,26,29,30)/b15-13+. The van der Waals surface area contributed by atoms with Crippen LogP contribution in [0, 0.1) is 5.41 Å². The Balaban J connectivity index is 1.78. The van der Waals surface area contributed by atoms with Crippen molar-refractivity contribution in [3.63, 3.8) is 0 Å². The molecule has 31 heavy (non-hydrogen) atoms. The Bertz CT molecular complexity index is 1280. The molecule has 0 saturated heterocycles. The highest BCUT2D eigenvalue weighted by atomic mass is 32.2. The molecule has 0 aliphatic carbocycles. The van der Waals surface area contributed by atoms with Crippen LogP contribution in [-0.4, -0.2) is 20.2 Å². The van der Waals surface area contributed by atoms with E-state index in [4.69, 9.17) is 16.3 Å². The van der Waals surface area contributed by atoms with Gasteiger partial charge in [0.15, 0.2) is 0 Å². The van der Waals surface area contributed by atoms with Crippen LogP contribution >= 0.6 is 0 Å². The van der Waals surface area contributed by atoms with Gasteiger partial charge in [0.1, 0.15) is 5.84 Å². The maximum absolute atomic E-state index is 12.4. The van der Waals surface area contributed by atoms with Crippen LogP contribution < -0.4 is 16.2 Å². The molecule has 0 spiro atoms. The number of hydrogen-bond acceptors (Lipinski definition) is 4. The van der Waals surface area contributed by atoms with Crippen LogP contribution in [-0.2, 0) is 14.8 Å². The molecule has 7 nitrogen and oxygen atoms in total. The summed E-state index contributed by atoms with van der Waals surface area (Å²) in [5, 5.41) is 15.6. The zero-order chi connectivity index (χ0) is 22.6. The number of hydrogen-bond donors (Lipinski definition) is 4. The summed E-state index contributed by atoms with van der Waals surface area (Å²) in [6.45, 7) is 1.80. The molecule has 0 aromatic heterocycles. The van der Waals surface area contributed by atoms with E-state index < -0.39 is 10.0 Å². The van der Waals surface area contributed by atoms with E-state index in [1.807, 2.05) is 6.07 Å². The highest BCUT2D eigenvalue weighted by molar-refractivity contribution is 7.89. The third-order valence-corrected chi connectivity index (χ3v) is 5.60. The minimum Gasteiger partial charge on any atom is -0.384 e. The molecule has 0 atom stereocenters. The Kier molecular flexibility index (Phi) is 6.33. The van der Waals surface area contributed by atoms with E-state index in [9.17, 15) is 13.2 Å². The summed E-state index contributed by atoms with van der Waals surface area (Å²) in [7, 11) is -3.86. The van der Waals surface area contributed by atoms with E-state index in [1.165, 1.54) is 12.1 Å². The molecular formula is C23H22N4O3S. The lowest BCUT2D eigenvalue weighted by molar-refractivity contribution is -0.111. The summed E-state index contributed by atoms with van der Waals surface area (Å²) in [6, 6.07) is 20.4. The zero-order valence-electron chi connectivity index (χ0n) is 16.8. The number of nitrogens with one attached hydrogen (secondary N) is 2. The second-order valence-electron chi connectivity index (χ2n) is 6.93. The smallest absolute Gasteiger partial charge is 0.248 e. The molecule has 0 aliphatic heterocycles. The SMILES string of the molecule is C/C(=C\C(=O)Nc1ccc(-c2ccccc2S(N)(=O)=O)cc1)c1cccc(C(=N)N)c1. The zero-order valence-corrected chi connectivity index (χ0v) is 17.6. The number of rotatable bonds is 6. The number of sulfonamides is 1. The molecule has 1 amide bonds. The van der Waals surface area contributed by atoms with E-state index in [2.05, 4.69) is 5.32 Å². The molecule has 6 N–H and O–H groups in total. The van der Waals surface area contributed by atoms with Gasteiger partial charge in [-0.25, -0.2) is 13.6 Å². The van der Waals surface area contributed by atoms with Crippen LogP contribution in [0.25, 0.3) is 16.7 Å². The molecular weight excluding hydrogens is 412 g/mol. The van der Waals surface area contributed by atoms with Crippen molar-refractivity contribution in [2.24, 2.45) is 10.9 Å². The van der Waals surface area contributed by atoms with Crippen molar-refractivity contribution in [1.29, 1.82) is 5.41 Å². The van der Waals surface area contributed by atoms with Gasteiger partial charge in [0, 0.05) is 22.9 Å². The van der Waals surface area contributed by atoms with Gasteiger partial charge in [0.2, 0.25) is 15.9 Å². The summed E-state index contributed by atoms with van der Waals surface area (Å²) >= 11 is 0. The van der Waals surface area contributed by atoms with E-state index >= 15 is 0 Å². The number of allylic oxidation sites excluding steroid dienone is 1. The van der Waals surface area contributed by atoms with Gasteiger partial charge in [-0.2, -0.15) is 0 Å². The first-order chi connectivity index (χ1) is 14.6. The summed E-state index contributed by atoms with van der Waals surface area (Å²) in [4.78, 5) is 12.4. The number of nitrogen functional groups attached to an aromatic ring is 1. The molecule has 0 radical (unpaired) electrons. The highest BCUT2D eigenvalue weighted by Gasteiger charge is 2.14. The van der Waals surface area contributed by atoms with Crippen LogP contribution in [0.3, 0.4) is 0 Å². The van der Waals surface area contributed by atoms with E-state index in [0.717, 1.165) is 11.1 Å². The quantitative estimate of drug-likeness (QED) is 0.268. The lowest BCUT2D eigenvalue weighted by Crippen LogP contribution is -2.13. The van der Waals surface area contributed by atoms with Gasteiger partial charge < -0.3 is 11.1 Å². The van der Waals surface area contributed by atoms with E-state index in [-0.39, 0.29) is 16.6 Å². The van der Waals surface area contributed by atoms with Crippen molar-refractivity contribution in [3.8, 4) is 11.1 Å². The summed E-state index contributed by atoms with van der Waals surface area (Å²) < 4.78 is 23.6. The van der Waals surface area contributed by atoms with Gasteiger partial charge in [-0.15, -0.1) is 0 Å². The van der Waals surface area contributed by atoms with Gasteiger partial charge in [-0.3, -0.25) is 10.2 Å². The van der Waals surface area contributed by atoms with Crippen LogP contribution in [0.4, 0.5) is 5.69 Å². The molecule has 3 rings (SSSR count). The van der Waals surface area contributed by atoms with Crippen LogP contribution in [0.1, 0.15) is 18.1 Å². The lowest BCUT2D eigenvalue weighted by Gasteiger charge is -2.09. The van der Waals surface area contributed by atoms with Crippen molar-refractivity contribution in [2.75, 3.05) is 5.32 Å². The maximum Gasteiger partial charge on any atom is 0.248 e. The summed E-state index contributed by atoms with van der Waals surface area (Å²) in [6.07, 6.45) is 1.46. The summed E-state index contributed by atoms with van der Waals surface area (Å²) in [5.74, 6) is -0.355. The number of amides is 1. The number of amidine groups is 1. The molecule has 3 aromatic carbocycles. The number of anilines is 1. The number of carbonyl (C=O) groups excluding carboxylic acids is 1. The topological polar surface area (TPSA) is 139 Å². The third kappa shape index (κ3) is 5.44. The first kappa shape index (κ1) is 21.9. The molecule has 0 saturated carbocycles. The molecule has 3 aromatic rings. The molecule has 0 bridgehead atoms. The van der Waals surface area contributed by atoms with Crippen molar-refractivity contribution in [3.05, 3.63) is 90.0 Å². The van der Waals surface area contributed by atoms with Crippen molar-refractivity contribution < 1.29 is 13.2 Å². The second kappa shape index (κ2) is 8.95. The van der Waals surface area contributed by atoms with E-state index in [0.29, 0.717) is 22.4 Å². The third-order valence-electron chi connectivity index (χ3n) is 4.63. The lowest BCUT2D eigenvalue weighted by atomic mass is 10.0. The fraction of sp³-hybridized carbons (Fsp3) is 0.0435. The number of benzene rings is 3. The molecule has 0 unspecified atom stereocenters. The average molecular weight is 435 g/mol. The van der Waals surface area contributed by atoms with Crippen LogP contribution in [0.5, 0.6) is 0 Å². The van der Waals surface area contributed by atoms with Crippen molar-refractivity contribution in [2.45, 2.75) is 11.8 Å². The van der Waals surface area contributed by atoms with Crippen LogP contribution in [0.2, 0.25) is 0 Å². The fourth-order valence-electron chi connectivity index (χ4n) is 3.08. The fourth-order valence-corrected chi connectivity index (χ4v) is 3.84. The number of primary sulfonamides is 1. The molecule has 8 heteroatoms. The molecule has 158 valence electrons. The Morgan fingerprint density at radius 1 is 0.968 bits per heavy atom. The van der Waals surface area contributed by atoms with Crippen LogP contribution in [0.15, 0.2) is 83.8 Å². The van der Waals surface area contributed by atoms with Gasteiger partial charge in [0.25, 0.3) is 0 Å². The number of carbonyl (C=O) groups is 1. The Morgan fingerprint density at radius 2 is 1.61 bits per heavy atom. The van der Waals surface area contributed by atoms with Gasteiger partial charge in [0.05, 0.1) is 4.90 Å². The highest BCUT2D eigenvalue weighted by Crippen LogP contribution is 2.27. The molecule has 0 fully saturated rings. The van der Waals surface area contributed by atoms with E-state index in [1.54, 1.807) is 67.6 Å². The Labute approximate surface area is 181 Å². The summed E-state index contributed by atoms with van der Waals surface area (Å²) in [5.41, 5.74) is 9.32. The first-order valence-corrected chi connectivity index (χ1v) is 10.9. The Hall–Kier alpha value is -3.75. The minimum absolute atomic E-state index is 0.0387. The van der Waals surface area contributed by atoms with Crippen molar-refractivity contribution in [1.82, 2.24) is 0 Å². The predicted octanol–water partition coefficient (Wildman–Crippen LogP) is 3.33. The monoisotopic (exact) mass is 434 g/mol. The maximum atomic E-state index is 12.4. The first-order valence-electron chi connectivity index (χ1n) is 9.31. The van der Waals surface area contributed by atoms with Crippen molar-refractivity contribution >= 4 is 33.0 Å². The second-order valence-corrected chi connectivity index (χ2v) is 8.46. The largest absolute Gasteiger partial charge is 0.384 e. The molecule has 0 aliphatic rings.